The minimum Gasteiger partial charge on any atom is -0.508 e. The summed E-state index contributed by atoms with van der Waals surface area (Å²) in [4.78, 5) is 30.0. The predicted molar refractivity (Wildman–Crippen MR) is 135 cm³/mol. The monoisotopic (exact) mass is 464 g/mol. The number of carbonyl (C=O) groups excluding carboxylic acids is 2. The Balaban J connectivity index is 1.33. The molecule has 1 aromatic heterocycles. The van der Waals surface area contributed by atoms with Crippen molar-refractivity contribution in [3.05, 3.63) is 96.1 Å². The fourth-order valence-electron chi connectivity index (χ4n) is 4.11. The summed E-state index contributed by atoms with van der Waals surface area (Å²) in [7, 11) is 0. The number of rotatable bonds is 7. The number of carbonyl (C=O) groups is 2. The lowest BCUT2D eigenvalue weighted by molar-refractivity contribution is -0.116. The number of phenols is 1. The molecule has 4 aromatic rings. The van der Waals surface area contributed by atoms with Crippen molar-refractivity contribution in [2.45, 2.75) is 19.3 Å². The first-order valence-electron chi connectivity index (χ1n) is 11.5. The molecule has 174 valence electrons. The van der Waals surface area contributed by atoms with Gasteiger partial charge in [0.25, 0.3) is 0 Å². The molecule has 0 unspecified atom stereocenters. The highest BCUT2D eigenvalue weighted by molar-refractivity contribution is 6.00. The number of pyridine rings is 1. The van der Waals surface area contributed by atoms with Crippen LogP contribution in [0.2, 0.25) is 0 Å². The minimum atomic E-state index is -0.280. The molecule has 6 nitrogen and oxygen atoms in total. The van der Waals surface area contributed by atoms with Crippen molar-refractivity contribution in [3.8, 4) is 33.9 Å². The Morgan fingerprint density at radius 3 is 2.46 bits per heavy atom. The summed E-state index contributed by atoms with van der Waals surface area (Å²) in [6, 6.07) is 25.7. The van der Waals surface area contributed by atoms with Gasteiger partial charge in [-0.3, -0.25) is 9.59 Å². The van der Waals surface area contributed by atoms with Crippen molar-refractivity contribution in [3.63, 3.8) is 0 Å². The lowest BCUT2D eigenvalue weighted by Gasteiger charge is -2.11. The van der Waals surface area contributed by atoms with Gasteiger partial charge < -0.3 is 15.2 Å². The van der Waals surface area contributed by atoms with Crippen LogP contribution in [-0.2, 0) is 11.2 Å². The van der Waals surface area contributed by atoms with E-state index in [9.17, 15) is 14.7 Å². The summed E-state index contributed by atoms with van der Waals surface area (Å²) in [5, 5.41) is 12.5. The summed E-state index contributed by atoms with van der Waals surface area (Å²) in [6.07, 6.45) is 0.955. The average molecular weight is 465 g/mol. The number of phenolic OH excluding ortho intramolecular Hbond substituents is 1. The van der Waals surface area contributed by atoms with E-state index in [0.29, 0.717) is 23.7 Å². The van der Waals surface area contributed by atoms with Crippen LogP contribution in [0.4, 0.5) is 5.82 Å². The van der Waals surface area contributed by atoms with Gasteiger partial charge in [0.2, 0.25) is 5.91 Å². The van der Waals surface area contributed by atoms with Crippen LogP contribution in [0.5, 0.6) is 11.5 Å². The van der Waals surface area contributed by atoms with E-state index < -0.39 is 0 Å². The van der Waals surface area contributed by atoms with E-state index in [4.69, 9.17) is 4.74 Å². The highest BCUT2D eigenvalue weighted by Gasteiger charge is 2.16. The summed E-state index contributed by atoms with van der Waals surface area (Å²) in [6.45, 7) is 0.635. The second-order valence-electron chi connectivity index (χ2n) is 8.43. The molecule has 1 amide bonds. The molecule has 0 aliphatic carbocycles. The fraction of sp³-hybridized carbons (Fsp3) is 0.138. The second kappa shape index (κ2) is 9.81. The van der Waals surface area contributed by atoms with Gasteiger partial charge >= 0.3 is 0 Å². The zero-order valence-electron chi connectivity index (χ0n) is 19.0. The fourth-order valence-corrected chi connectivity index (χ4v) is 4.11. The minimum absolute atomic E-state index is 0.0538. The van der Waals surface area contributed by atoms with E-state index in [-0.39, 0.29) is 30.3 Å². The number of Topliss-reactive ketones (excluding diaryl/α,β-unsaturated/α-hetero) is 1. The number of ether oxygens (including phenoxy) is 1. The molecule has 0 saturated heterocycles. The number of aromatic hydroxyl groups is 1. The standard InChI is InChI=1S/C29H24N2O4/c32-24-9-6-19(7-10-24)23-17-25(20-4-2-1-3-5-20)30-28(18-23)31-29(34)13-11-26(33)21-8-12-27-22(16-21)14-15-35-27/h1-10,12,16-18,32H,11,13-15H2,(H,30,31,34). The molecule has 0 fully saturated rings. The van der Waals surface area contributed by atoms with Gasteiger partial charge in [0.15, 0.2) is 5.78 Å². The summed E-state index contributed by atoms with van der Waals surface area (Å²) in [5.41, 5.74) is 4.99. The summed E-state index contributed by atoms with van der Waals surface area (Å²) < 4.78 is 5.49. The maximum Gasteiger partial charge on any atom is 0.225 e. The van der Waals surface area contributed by atoms with E-state index in [0.717, 1.165) is 34.4 Å². The van der Waals surface area contributed by atoms with Crippen LogP contribution in [0.15, 0.2) is 84.9 Å². The van der Waals surface area contributed by atoms with Gasteiger partial charge in [-0.15, -0.1) is 0 Å². The van der Waals surface area contributed by atoms with Gasteiger partial charge in [-0.2, -0.15) is 0 Å². The average Bonchev–Trinajstić information content (AvgIpc) is 3.36. The van der Waals surface area contributed by atoms with Gasteiger partial charge in [-0.25, -0.2) is 4.98 Å². The first-order chi connectivity index (χ1) is 17.0. The first-order valence-corrected chi connectivity index (χ1v) is 11.5. The first kappa shape index (κ1) is 22.3. The number of hydrogen-bond acceptors (Lipinski definition) is 5. The molecule has 0 atom stereocenters. The molecule has 1 aliphatic heterocycles. The largest absolute Gasteiger partial charge is 0.508 e. The number of nitrogens with one attached hydrogen (secondary N) is 1. The molecule has 5 rings (SSSR count). The number of hydrogen-bond donors (Lipinski definition) is 2. The zero-order valence-corrected chi connectivity index (χ0v) is 19.0. The Morgan fingerprint density at radius 1 is 0.857 bits per heavy atom. The van der Waals surface area contributed by atoms with E-state index in [1.807, 2.05) is 60.7 Å². The number of amides is 1. The van der Waals surface area contributed by atoms with Crippen molar-refractivity contribution in [1.82, 2.24) is 4.98 Å². The third kappa shape index (κ3) is 5.22. The maximum atomic E-state index is 12.7. The predicted octanol–water partition coefficient (Wildman–Crippen LogP) is 5.66. The normalized spacial score (nSPS) is 12.0. The Morgan fingerprint density at radius 2 is 1.66 bits per heavy atom. The van der Waals surface area contributed by atoms with Crippen LogP contribution in [-0.4, -0.2) is 28.4 Å². The van der Waals surface area contributed by atoms with Crippen LogP contribution in [0, 0.1) is 0 Å². The van der Waals surface area contributed by atoms with Crippen molar-refractivity contribution < 1.29 is 19.4 Å². The molecular formula is C29H24N2O4. The van der Waals surface area contributed by atoms with Crippen LogP contribution < -0.4 is 10.1 Å². The van der Waals surface area contributed by atoms with Gasteiger partial charge in [-0.1, -0.05) is 42.5 Å². The van der Waals surface area contributed by atoms with Crippen LogP contribution in [0.25, 0.3) is 22.4 Å². The molecule has 0 radical (unpaired) electrons. The maximum absolute atomic E-state index is 12.7. The molecule has 0 saturated carbocycles. The molecule has 6 heteroatoms. The summed E-state index contributed by atoms with van der Waals surface area (Å²) >= 11 is 0. The third-order valence-corrected chi connectivity index (χ3v) is 5.95. The Labute approximate surface area is 203 Å². The van der Waals surface area contributed by atoms with Gasteiger partial charge in [0.1, 0.15) is 17.3 Å². The molecule has 0 bridgehead atoms. The molecule has 0 spiro atoms. The Hall–Kier alpha value is -4.45. The van der Waals surface area contributed by atoms with E-state index >= 15 is 0 Å². The zero-order chi connectivity index (χ0) is 24.2. The topological polar surface area (TPSA) is 88.5 Å². The Kier molecular flexibility index (Phi) is 6.26. The van der Waals surface area contributed by atoms with Crippen molar-refractivity contribution in [2.24, 2.45) is 0 Å². The van der Waals surface area contributed by atoms with Crippen LogP contribution in [0.3, 0.4) is 0 Å². The molecule has 3 aromatic carbocycles. The SMILES string of the molecule is O=C(CCC(=O)c1ccc2c(c1)CCO2)Nc1cc(-c2ccc(O)cc2)cc(-c2ccccc2)n1. The van der Waals surface area contributed by atoms with Crippen LogP contribution in [0.1, 0.15) is 28.8 Å². The third-order valence-electron chi connectivity index (χ3n) is 5.95. The second-order valence-corrected chi connectivity index (χ2v) is 8.43. The number of aromatic nitrogens is 1. The van der Waals surface area contributed by atoms with E-state index in [1.165, 1.54) is 0 Å². The van der Waals surface area contributed by atoms with Crippen molar-refractivity contribution in [1.29, 1.82) is 0 Å². The van der Waals surface area contributed by atoms with Gasteiger partial charge in [0.05, 0.1) is 12.3 Å². The van der Waals surface area contributed by atoms with Gasteiger partial charge in [-0.05, 0) is 59.2 Å². The highest BCUT2D eigenvalue weighted by Crippen LogP contribution is 2.29. The van der Waals surface area contributed by atoms with E-state index in [2.05, 4.69) is 10.3 Å². The number of ketones is 1. The number of fused-ring (bicyclic) bond motifs is 1. The number of nitrogens with zero attached hydrogens (tertiary/aromatic N) is 1. The molecule has 35 heavy (non-hydrogen) atoms. The molecule has 1 aliphatic rings. The van der Waals surface area contributed by atoms with Gasteiger partial charge in [0, 0.05) is 30.4 Å². The van der Waals surface area contributed by atoms with Crippen molar-refractivity contribution in [2.75, 3.05) is 11.9 Å². The Bertz CT molecular complexity index is 1380. The molecule has 2 N–H and O–H groups in total. The molecular weight excluding hydrogens is 440 g/mol. The lowest BCUT2D eigenvalue weighted by Crippen LogP contribution is -2.14. The quantitative estimate of drug-likeness (QED) is 0.345. The highest BCUT2D eigenvalue weighted by atomic mass is 16.5. The molecule has 2 heterocycles. The summed E-state index contributed by atoms with van der Waals surface area (Å²) in [5.74, 6) is 1.05. The van der Waals surface area contributed by atoms with Crippen LogP contribution >= 0.6 is 0 Å². The smallest absolute Gasteiger partial charge is 0.225 e. The van der Waals surface area contributed by atoms with Crippen molar-refractivity contribution >= 4 is 17.5 Å². The number of benzene rings is 3. The van der Waals surface area contributed by atoms with E-state index in [1.54, 1.807) is 24.3 Å². The lowest BCUT2D eigenvalue weighted by atomic mass is 10.0. The number of anilines is 1.